The molecule has 1 aromatic heterocycles. The minimum atomic E-state index is 0.524. The number of hydrogen-bond donors (Lipinski definition) is 1. The van der Waals surface area contributed by atoms with Crippen LogP contribution in [0.1, 0.15) is 13.8 Å². The number of para-hydroxylation sites is 1. The molecule has 5 nitrogen and oxygen atoms in total. The van der Waals surface area contributed by atoms with Crippen molar-refractivity contribution in [3.8, 4) is 5.69 Å². The Morgan fingerprint density at radius 2 is 2.05 bits per heavy atom. The number of aromatic amines is 1. The molecule has 0 amide bonds. The van der Waals surface area contributed by atoms with Crippen molar-refractivity contribution in [1.29, 1.82) is 0 Å². The third-order valence-electron chi connectivity index (χ3n) is 3.10. The average molecular weight is 306 g/mol. The summed E-state index contributed by atoms with van der Waals surface area (Å²) in [5.74, 6) is 1.35. The second-order valence-corrected chi connectivity index (χ2v) is 5.72. The van der Waals surface area contributed by atoms with E-state index in [2.05, 4.69) is 28.9 Å². The largest absolute Gasteiger partial charge is 0.383 e. The number of ether oxygens (including phenoxy) is 1. The van der Waals surface area contributed by atoms with Gasteiger partial charge in [0, 0.05) is 20.2 Å². The summed E-state index contributed by atoms with van der Waals surface area (Å²) in [6.07, 6.45) is 0. The highest BCUT2D eigenvalue weighted by molar-refractivity contribution is 7.71. The standard InChI is InChI=1S/C15H22N4OS/c1-12(2)11-18(9-10-20-3)14-16-17-15(21)19(14)13-7-5-4-6-8-13/h4-8,12H,9-11H2,1-3H3,(H,17,21). The van der Waals surface area contributed by atoms with Gasteiger partial charge in [0.15, 0.2) is 0 Å². The Bertz CT molecular complexity index is 606. The number of H-pyrrole nitrogens is 1. The Hall–Kier alpha value is -1.66. The summed E-state index contributed by atoms with van der Waals surface area (Å²) in [6, 6.07) is 10.0. The smallest absolute Gasteiger partial charge is 0.230 e. The summed E-state index contributed by atoms with van der Waals surface area (Å²) < 4.78 is 7.78. The van der Waals surface area contributed by atoms with E-state index in [4.69, 9.17) is 17.0 Å². The van der Waals surface area contributed by atoms with Crippen LogP contribution in [0.2, 0.25) is 0 Å². The predicted molar refractivity (Wildman–Crippen MR) is 87.7 cm³/mol. The first-order valence-corrected chi connectivity index (χ1v) is 7.51. The zero-order valence-electron chi connectivity index (χ0n) is 12.7. The second kappa shape index (κ2) is 7.38. The SMILES string of the molecule is COCCN(CC(C)C)c1n[nH]c(=S)n1-c1ccccc1. The number of aromatic nitrogens is 3. The van der Waals surface area contributed by atoms with Gasteiger partial charge < -0.3 is 9.64 Å². The fourth-order valence-electron chi connectivity index (χ4n) is 2.23. The Balaban J connectivity index is 2.39. The van der Waals surface area contributed by atoms with Crippen LogP contribution >= 0.6 is 12.2 Å². The highest BCUT2D eigenvalue weighted by atomic mass is 32.1. The molecule has 0 radical (unpaired) electrons. The van der Waals surface area contributed by atoms with Gasteiger partial charge >= 0.3 is 0 Å². The number of benzene rings is 1. The summed E-state index contributed by atoms with van der Waals surface area (Å²) in [7, 11) is 1.71. The van der Waals surface area contributed by atoms with E-state index in [9.17, 15) is 0 Å². The van der Waals surface area contributed by atoms with Crippen LogP contribution in [-0.4, -0.2) is 41.6 Å². The van der Waals surface area contributed by atoms with E-state index in [1.165, 1.54) is 0 Å². The fourth-order valence-corrected chi connectivity index (χ4v) is 2.46. The van der Waals surface area contributed by atoms with Crippen molar-refractivity contribution >= 4 is 18.2 Å². The molecule has 0 saturated heterocycles. The predicted octanol–water partition coefficient (Wildman–Crippen LogP) is 3.04. The van der Waals surface area contributed by atoms with Crippen molar-refractivity contribution in [1.82, 2.24) is 14.8 Å². The number of nitrogens with zero attached hydrogens (tertiary/aromatic N) is 3. The van der Waals surface area contributed by atoms with Crippen molar-refractivity contribution in [3.05, 3.63) is 35.1 Å². The van der Waals surface area contributed by atoms with Crippen LogP contribution in [-0.2, 0) is 4.74 Å². The maximum atomic E-state index is 5.39. The first-order chi connectivity index (χ1) is 10.1. The van der Waals surface area contributed by atoms with Crippen molar-refractivity contribution in [2.24, 2.45) is 5.92 Å². The van der Waals surface area contributed by atoms with Gasteiger partial charge in [-0.1, -0.05) is 32.0 Å². The fraction of sp³-hybridized carbons (Fsp3) is 0.467. The molecular weight excluding hydrogens is 284 g/mol. The lowest BCUT2D eigenvalue weighted by Gasteiger charge is -2.25. The van der Waals surface area contributed by atoms with Crippen LogP contribution in [0.15, 0.2) is 30.3 Å². The number of nitrogens with one attached hydrogen (secondary N) is 1. The van der Waals surface area contributed by atoms with Crippen LogP contribution in [0.5, 0.6) is 0 Å². The molecule has 0 unspecified atom stereocenters. The van der Waals surface area contributed by atoms with Crippen LogP contribution < -0.4 is 4.90 Å². The molecule has 0 saturated carbocycles. The lowest BCUT2D eigenvalue weighted by molar-refractivity contribution is 0.204. The van der Waals surface area contributed by atoms with Gasteiger partial charge in [0.05, 0.1) is 12.3 Å². The van der Waals surface area contributed by atoms with Gasteiger partial charge in [0.2, 0.25) is 10.7 Å². The van der Waals surface area contributed by atoms with E-state index in [1.54, 1.807) is 7.11 Å². The van der Waals surface area contributed by atoms with Gasteiger partial charge in [-0.25, -0.2) is 5.10 Å². The molecule has 1 heterocycles. The summed E-state index contributed by atoms with van der Waals surface area (Å²) in [5, 5.41) is 7.31. The lowest BCUT2D eigenvalue weighted by Crippen LogP contribution is -2.33. The zero-order chi connectivity index (χ0) is 15.2. The second-order valence-electron chi connectivity index (χ2n) is 5.33. The number of hydrogen-bond acceptors (Lipinski definition) is 4. The van der Waals surface area contributed by atoms with Gasteiger partial charge in [-0.05, 0) is 30.3 Å². The highest BCUT2D eigenvalue weighted by Crippen LogP contribution is 2.19. The third-order valence-corrected chi connectivity index (χ3v) is 3.38. The molecule has 0 fully saturated rings. The van der Waals surface area contributed by atoms with Gasteiger partial charge in [0.1, 0.15) is 0 Å². The lowest BCUT2D eigenvalue weighted by atomic mass is 10.2. The summed E-state index contributed by atoms with van der Waals surface area (Å²) in [5.41, 5.74) is 1.01. The molecule has 0 atom stereocenters. The van der Waals surface area contributed by atoms with Gasteiger partial charge in [-0.15, -0.1) is 5.10 Å². The molecule has 114 valence electrons. The molecule has 0 bridgehead atoms. The van der Waals surface area contributed by atoms with Crippen LogP contribution in [0.4, 0.5) is 5.95 Å². The Kier molecular flexibility index (Phi) is 5.52. The molecule has 2 rings (SSSR count). The van der Waals surface area contributed by atoms with E-state index in [-0.39, 0.29) is 0 Å². The first-order valence-electron chi connectivity index (χ1n) is 7.10. The maximum Gasteiger partial charge on any atom is 0.230 e. The minimum Gasteiger partial charge on any atom is -0.383 e. The van der Waals surface area contributed by atoms with Crippen LogP contribution in [0.25, 0.3) is 5.69 Å². The number of rotatable bonds is 7. The quantitative estimate of drug-likeness (QED) is 0.799. The molecule has 6 heteroatoms. The molecule has 0 spiro atoms. The van der Waals surface area contributed by atoms with Gasteiger partial charge in [-0.2, -0.15) is 0 Å². The first kappa shape index (κ1) is 15.7. The molecule has 1 aromatic carbocycles. The average Bonchev–Trinajstić information content (AvgIpc) is 2.85. The Morgan fingerprint density at radius 1 is 1.33 bits per heavy atom. The monoisotopic (exact) mass is 306 g/mol. The summed E-state index contributed by atoms with van der Waals surface area (Å²) >= 11 is 5.39. The van der Waals surface area contributed by atoms with Crippen molar-refractivity contribution < 1.29 is 4.74 Å². The Morgan fingerprint density at radius 3 is 2.67 bits per heavy atom. The van der Waals surface area contributed by atoms with E-state index in [0.29, 0.717) is 17.3 Å². The van der Waals surface area contributed by atoms with Crippen LogP contribution in [0, 0.1) is 10.7 Å². The molecular formula is C15H22N4OS. The van der Waals surface area contributed by atoms with Crippen LogP contribution in [0.3, 0.4) is 0 Å². The summed E-state index contributed by atoms with van der Waals surface area (Å²) in [6.45, 7) is 6.71. The summed E-state index contributed by atoms with van der Waals surface area (Å²) in [4.78, 5) is 2.20. The number of methoxy groups -OCH3 is 1. The van der Waals surface area contributed by atoms with Gasteiger partial charge in [-0.3, -0.25) is 4.57 Å². The molecule has 2 aromatic rings. The van der Waals surface area contributed by atoms with E-state index < -0.39 is 0 Å². The molecule has 0 aliphatic rings. The van der Waals surface area contributed by atoms with E-state index in [0.717, 1.165) is 24.7 Å². The molecule has 21 heavy (non-hydrogen) atoms. The zero-order valence-corrected chi connectivity index (χ0v) is 13.6. The maximum absolute atomic E-state index is 5.39. The van der Waals surface area contributed by atoms with E-state index >= 15 is 0 Å². The van der Waals surface area contributed by atoms with E-state index in [1.807, 2.05) is 34.9 Å². The number of anilines is 1. The molecule has 0 aliphatic carbocycles. The molecule has 1 N–H and O–H groups in total. The van der Waals surface area contributed by atoms with Crippen molar-refractivity contribution in [3.63, 3.8) is 0 Å². The normalized spacial score (nSPS) is 11.0. The topological polar surface area (TPSA) is 46.1 Å². The third kappa shape index (κ3) is 3.92. The van der Waals surface area contributed by atoms with Gasteiger partial charge in [0.25, 0.3) is 0 Å². The van der Waals surface area contributed by atoms with Crippen molar-refractivity contribution in [2.75, 3.05) is 31.7 Å². The Labute approximate surface area is 130 Å². The van der Waals surface area contributed by atoms with Crippen molar-refractivity contribution in [2.45, 2.75) is 13.8 Å². The highest BCUT2D eigenvalue weighted by Gasteiger charge is 2.16. The minimum absolute atomic E-state index is 0.524. The molecule has 0 aliphatic heterocycles.